The molecular formula is C24H18N2OS. The lowest BCUT2D eigenvalue weighted by Crippen LogP contribution is -2.16. The van der Waals surface area contributed by atoms with E-state index in [9.17, 15) is 4.79 Å². The molecule has 28 heavy (non-hydrogen) atoms. The summed E-state index contributed by atoms with van der Waals surface area (Å²) in [6, 6.07) is 23.7. The van der Waals surface area contributed by atoms with Crippen LogP contribution in [-0.2, 0) is 6.54 Å². The van der Waals surface area contributed by atoms with Crippen molar-refractivity contribution in [3.8, 4) is 23.5 Å². The minimum atomic E-state index is -0.269. The lowest BCUT2D eigenvalue weighted by Gasteiger charge is -2.03. The van der Waals surface area contributed by atoms with Crippen LogP contribution in [0.4, 0.5) is 0 Å². The molecule has 0 saturated heterocycles. The molecule has 0 unspecified atom stereocenters. The van der Waals surface area contributed by atoms with Crippen LogP contribution in [0.5, 0.6) is 0 Å². The van der Waals surface area contributed by atoms with Crippen LogP contribution in [0.25, 0.3) is 21.3 Å². The molecule has 0 bridgehead atoms. The number of hydrogen-bond donors (Lipinski definition) is 0. The Morgan fingerprint density at radius 1 is 1.00 bits per heavy atom. The molecule has 0 spiro atoms. The third-order valence-electron chi connectivity index (χ3n) is 4.59. The van der Waals surface area contributed by atoms with Crippen molar-refractivity contribution in [3.63, 3.8) is 0 Å². The van der Waals surface area contributed by atoms with Gasteiger partial charge in [-0.25, -0.2) is 0 Å². The van der Waals surface area contributed by atoms with Gasteiger partial charge in [0.25, 0.3) is 5.91 Å². The average molecular weight is 382 g/mol. The van der Waals surface area contributed by atoms with Crippen molar-refractivity contribution in [1.82, 2.24) is 4.57 Å². The first kappa shape index (κ1) is 18.0. The smallest absolute Gasteiger partial charge is 0.279 e. The maximum Gasteiger partial charge on any atom is 0.279 e. The largest absolute Gasteiger partial charge is 0.304 e. The number of thiazole rings is 1. The van der Waals surface area contributed by atoms with Crippen LogP contribution in [0.3, 0.4) is 0 Å². The minimum Gasteiger partial charge on any atom is -0.304 e. The fourth-order valence-corrected chi connectivity index (χ4v) is 4.32. The molecule has 4 aromatic rings. The van der Waals surface area contributed by atoms with E-state index < -0.39 is 0 Å². The standard InChI is InChI=1S/C24H18N2OS/c1-3-16-26-22-17(2)8-7-11-21(22)28-24(26)25-23(27)20-14-12-19(13-15-20)18-9-5-4-6-10-18/h1,4-15H,16H2,2H3. The summed E-state index contributed by atoms with van der Waals surface area (Å²) in [5, 5.41) is 0. The van der Waals surface area contributed by atoms with Gasteiger partial charge in [-0.05, 0) is 41.8 Å². The second kappa shape index (κ2) is 7.67. The number of nitrogens with zero attached hydrogens (tertiary/aromatic N) is 2. The minimum absolute atomic E-state index is 0.269. The van der Waals surface area contributed by atoms with Crippen LogP contribution in [0.1, 0.15) is 15.9 Å². The zero-order chi connectivity index (χ0) is 19.5. The van der Waals surface area contributed by atoms with E-state index in [0.29, 0.717) is 16.9 Å². The number of carbonyl (C=O) groups is 1. The molecule has 0 aliphatic heterocycles. The highest BCUT2D eigenvalue weighted by molar-refractivity contribution is 7.16. The van der Waals surface area contributed by atoms with E-state index in [4.69, 9.17) is 6.42 Å². The zero-order valence-electron chi connectivity index (χ0n) is 15.4. The number of terminal acetylenes is 1. The number of aromatic nitrogens is 1. The first-order valence-corrected chi connectivity index (χ1v) is 9.76. The summed E-state index contributed by atoms with van der Waals surface area (Å²) in [5.74, 6) is 2.40. The quantitative estimate of drug-likeness (QED) is 0.457. The molecule has 136 valence electrons. The molecule has 0 atom stereocenters. The van der Waals surface area contributed by atoms with E-state index in [0.717, 1.165) is 26.9 Å². The lowest BCUT2D eigenvalue weighted by molar-refractivity contribution is 0.0998. The van der Waals surface area contributed by atoms with Gasteiger partial charge < -0.3 is 4.57 Å². The molecule has 0 N–H and O–H groups in total. The summed E-state index contributed by atoms with van der Waals surface area (Å²) < 4.78 is 3.01. The number of fused-ring (bicyclic) bond motifs is 1. The molecular weight excluding hydrogens is 364 g/mol. The Morgan fingerprint density at radius 2 is 1.71 bits per heavy atom. The molecule has 0 saturated carbocycles. The summed E-state index contributed by atoms with van der Waals surface area (Å²) in [4.78, 5) is 17.8. The van der Waals surface area contributed by atoms with Crippen molar-refractivity contribution in [1.29, 1.82) is 0 Å². The SMILES string of the molecule is C#CCn1c(=NC(=O)c2ccc(-c3ccccc3)cc2)sc2cccc(C)c21. The zero-order valence-corrected chi connectivity index (χ0v) is 16.2. The molecule has 1 amide bonds. The highest BCUT2D eigenvalue weighted by Gasteiger charge is 2.10. The summed E-state index contributed by atoms with van der Waals surface area (Å²) in [6.45, 7) is 2.42. The van der Waals surface area contributed by atoms with E-state index in [2.05, 4.69) is 10.9 Å². The van der Waals surface area contributed by atoms with Gasteiger partial charge >= 0.3 is 0 Å². The monoisotopic (exact) mass is 382 g/mol. The maximum atomic E-state index is 12.8. The van der Waals surface area contributed by atoms with Crippen molar-refractivity contribution < 1.29 is 4.79 Å². The topological polar surface area (TPSA) is 34.4 Å². The summed E-state index contributed by atoms with van der Waals surface area (Å²) in [6.07, 6.45) is 5.55. The Labute approximate surface area is 167 Å². The predicted molar refractivity (Wildman–Crippen MR) is 115 cm³/mol. The van der Waals surface area contributed by atoms with Crippen molar-refractivity contribution in [2.24, 2.45) is 4.99 Å². The highest BCUT2D eigenvalue weighted by Crippen LogP contribution is 2.22. The number of aryl methyl sites for hydroxylation is 1. The summed E-state index contributed by atoms with van der Waals surface area (Å²) in [7, 11) is 0. The third-order valence-corrected chi connectivity index (χ3v) is 5.63. The number of hydrogen-bond acceptors (Lipinski definition) is 2. The Balaban J connectivity index is 1.73. The van der Waals surface area contributed by atoms with Crippen molar-refractivity contribution in [2.45, 2.75) is 13.5 Å². The normalized spacial score (nSPS) is 11.5. The molecule has 4 rings (SSSR count). The first-order chi connectivity index (χ1) is 13.7. The number of amides is 1. The van der Waals surface area contributed by atoms with Crippen molar-refractivity contribution in [3.05, 3.63) is 88.7 Å². The van der Waals surface area contributed by atoms with Gasteiger partial charge in [-0.2, -0.15) is 4.99 Å². The van der Waals surface area contributed by atoms with E-state index in [1.54, 1.807) is 0 Å². The van der Waals surface area contributed by atoms with E-state index >= 15 is 0 Å². The number of carbonyl (C=O) groups excluding carboxylic acids is 1. The summed E-state index contributed by atoms with van der Waals surface area (Å²) >= 11 is 1.48. The van der Waals surface area contributed by atoms with Gasteiger partial charge in [0.1, 0.15) is 0 Å². The molecule has 0 fully saturated rings. The van der Waals surface area contributed by atoms with Gasteiger partial charge in [-0.15, -0.1) is 6.42 Å². The van der Waals surface area contributed by atoms with Gasteiger partial charge in [0.15, 0.2) is 4.80 Å². The van der Waals surface area contributed by atoms with Crippen molar-refractivity contribution >= 4 is 27.5 Å². The number of rotatable bonds is 3. The number of para-hydroxylation sites is 1. The van der Waals surface area contributed by atoms with Crippen LogP contribution in [0.2, 0.25) is 0 Å². The molecule has 1 heterocycles. The fraction of sp³-hybridized carbons (Fsp3) is 0.0833. The second-order valence-electron chi connectivity index (χ2n) is 6.46. The summed E-state index contributed by atoms with van der Waals surface area (Å²) in [5.41, 5.74) is 4.89. The molecule has 3 nitrogen and oxygen atoms in total. The Kier molecular flexibility index (Phi) is 4.92. The predicted octanol–water partition coefficient (Wildman–Crippen LogP) is 5.05. The fourth-order valence-electron chi connectivity index (χ4n) is 3.22. The van der Waals surface area contributed by atoms with E-state index in [1.807, 2.05) is 84.3 Å². The van der Waals surface area contributed by atoms with Gasteiger partial charge in [0, 0.05) is 5.56 Å². The van der Waals surface area contributed by atoms with Gasteiger partial charge in [-0.1, -0.05) is 71.9 Å². The van der Waals surface area contributed by atoms with Crippen LogP contribution >= 0.6 is 11.3 Å². The molecule has 4 heteroatoms. The van der Waals surface area contributed by atoms with Crippen LogP contribution in [-0.4, -0.2) is 10.5 Å². The maximum absolute atomic E-state index is 12.8. The Bertz CT molecular complexity index is 1260. The number of benzene rings is 3. The molecule has 3 aromatic carbocycles. The molecule has 0 aliphatic carbocycles. The van der Waals surface area contributed by atoms with Crippen LogP contribution in [0.15, 0.2) is 77.8 Å². The molecule has 0 radical (unpaired) electrons. The van der Waals surface area contributed by atoms with Gasteiger partial charge in [0.2, 0.25) is 0 Å². The second-order valence-corrected chi connectivity index (χ2v) is 7.47. The van der Waals surface area contributed by atoms with Crippen LogP contribution < -0.4 is 4.80 Å². The van der Waals surface area contributed by atoms with Gasteiger partial charge in [0.05, 0.1) is 16.8 Å². The molecule has 1 aromatic heterocycles. The highest BCUT2D eigenvalue weighted by atomic mass is 32.1. The first-order valence-electron chi connectivity index (χ1n) is 8.94. The van der Waals surface area contributed by atoms with Crippen LogP contribution in [0, 0.1) is 19.3 Å². The third kappa shape index (κ3) is 3.40. The Morgan fingerprint density at radius 3 is 2.43 bits per heavy atom. The Hall–Kier alpha value is -3.42. The van der Waals surface area contributed by atoms with E-state index in [-0.39, 0.29) is 5.91 Å². The van der Waals surface area contributed by atoms with Gasteiger partial charge in [-0.3, -0.25) is 4.79 Å². The van der Waals surface area contributed by atoms with E-state index in [1.165, 1.54) is 11.3 Å². The molecule has 0 aliphatic rings. The average Bonchev–Trinajstić information content (AvgIpc) is 3.07. The lowest BCUT2D eigenvalue weighted by atomic mass is 10.0. The van der Waals surface area contributed by atoms with Crippen molar-refractivity contribution in [2.75, 3.05) is 0 Å².